The summed E-state index contributed by atoms with van der Waals surface area (Å²) in [5, 5.41) is 3.51. The SMILES string of the molecule is Cc1cc(NC(C)c2ccccc2)nc(N2CCCC(C)C2)n1. The lowest BCUT2D eigenvalue weighted by Gasteiger charge is -2.31. The van der Waals surface area contributed by atoms with E-state index in [2.05, 4.69) is 53.3 Å². The summed E-state index contributed by atoms with van der Waals surface area (Å²) in [4.78, 5) is 11.7. The zero-order valence-electron chi connectivity index (χ0n) is 14.3. The second kappa shape index (κ2) is 6.99. The standard InChI is InChI=1S/C19H26N4/c1-14-8-7-11-23(13-14)19-20-15(2)12-18(22-19)21-16(3)17-9-5-4-6-10-17/h4-6,9-10,12,14,16H,7-8,11,13H2,1-3H3,(H,20,21,22). The zero-order valence-corrected chi connectivity index (χ0v) is 14.3. The molecule has 1 aliphatic heterocycles. The minimum absolute atomic E-state index is 0.221. The third kappa shape index (κ3) is 4.01. The van der Waals surface area contributed by atoms with Gasteiger partial charge in [0, 0.05) is 30.9 Å². The van der Waals surface area contributed by atoms with E-state index in [1.807, 2.05) is 19.1 Å². The van der Waals surface area contributed by atoms with Crippen molar-refractivity contribution in [3.05, 3.63) is 47.7 Å². The number of anilines is 2. The molecular weight excluding hydrogens is 284 g/mol. The number of nitrogens with zero attached hydrogens (tertiary/aromatic N) is 3. The summed E-state index contributed by atoms with van der Waals surface area (Å²) in [5.74, 6) is 2.48. The van der Waals surface area contributed by atoms with Crippen LogP contribution in [0.25, 0.3) is 0 Å². The normalized spacial score (nSPS) is 19.4. The Balaban J connectivity index is 1.77. The van der Waals surface area contributed by atoms with Crippen molar-refractivity contribution in [1.29, 1.82) is 0 Å². The maximum atomic E-state index is 4.76. The molecule has 0 saturated carbocycles. The van der Waals surface area contributed by atoms with Gasteiger partial charge in [0.25, 0.3) is 0 Å². The summed E-state index contributed by atoms with van der Waals surface area (Å²) < 4.78 is 0. The van der Waals surface area contributed by atoms with Gasteiger partial charge >= 0.3 is 0 Å². The fourth-order valence-electron chi connectivity index (χ4n) is 3.19. The van der Waals surface area contributed by atoms with E-state index in [4.69, 9.17) is 4.98 Å². The first-order chi connectivity index (χ1) is 11.1. The molecule has 1 N–H and O–H groups in total. The summed E-state index contributed by atoms with van der Waals surface area (Å²) in [6, 6.07) is 12.7. The lowest BCUT2D eigenvalue weighted by atomic mass is 10.0. The number of hydrogen-bond donors (Lipinski definition) is 1. The average Bonchev–Trinajstić information content (AvgIpc) is 2.55. The lowest BCUT2D eigenvalue weighted by Crippen LogP contribution is -2.35. The molecule has 1 aliphatic rings. The minimum atomic E-state index is 0.221. The van der Waals surface area contributed by atoms with Crippen molar-refractivity contribution >= 4 is 11.8 Å². The molecule has 2 atom stereocenters. The third-order valence-corrected chi connectivity index (χ3v) is 4.45. The molecule has 1 fully saturated rings. The number of rotatable bonds is 4. The fraction of sp³-hybridized carbons (Fsp3) is 0.474. The fourth-order valence-corrected chi connectivity index (χ4v) is 3.19. The maximum absolute atomic E-state index is 4.76. The predicted octanol–water partition coefficient (Wildman–Crippen LogP) is 4.19. The van der Waals surface area contributed by atoms with Crippen LogP contribution in [0.2, 0.25) is 0 Å². The van der Waals surface area contributed by atoms with Crippen molar-refractivity contribution in [3.63, 3.8) is 0 Å². The van der Waals surface area contributed by atoms with Crippen LogP contribution in [0.3, 0.4) is 0 Å². The molecule has 2 heterocycles. The summed E-state index contributed by atoms with van der Waals surface area (Å²) in [6.07, 6.45) is 2.53. The van der Waals surface area contributed by atoms with Crippen molar-refractivity contribution in [2.24, 2.45) is 5.92 Å². The molecule has 3 rings (SSSR count). The van der Waals surface area contributed by atoms with Gasteiger partial charge in [-0.15, -0.1) is 0 Å². The monoisotopic (exact) mass is 310 g/mol. The van der Waals surface area contributed by atoms with E-state index >= 15 is 0 Å². The molecule has 122 valence electrons. The molecule has 0 spiro atoms. The molecule has 2 aromatic rings. The predicted molar refractivity (Wildman–Crippen MR) is 95.9 cm³/mol. The Morgan fingerprint density at radius 1 is 1.22 bits per heavy atom. The smallest absolute Gasteiger partial charge is 0.227 e. The second-order valence-electron chi connectivity index (χ2n) is 6.66. The van der Waals surface area contributed by atoms with E-state index in [-0.39, 0.29) is 6.04 Å². The molecule has 0 radical (unpaired) electrons. The molecule has 0 bridgehead atoms. The highest BCUT2D eigenvalue weighted by molar-refractivity contribution is 5.45. The molecule has 0 amide bonds. The zero-order chi connectivity index (χ0) is 16.2. The van der Waals surface area contributed by atoms with Crippen molar-refractivity contribution in [2.75, 3.05) is 23.3 Å². The third-order valence-electron chi connectivity index (χ3n) is 4.45. The number of piperidine rings is 1. The molecule has 2 unspecified atom stereocenters. The largest absolute Gasteiger partial charge is 0.363 e. The molecular formula is C19H26N4. The van der Waals surface area contributed by atoms with E-state index in [9.17, 15) is 0 Å². The van der Waals surface area contributed by atoms with Crippen LogP contribution in [0.5, 0.6) is 0 Å². The maximum Gasteiger partial charge on any atom is 0.227 e. The van der Waals surface area contributed by atoms with Gasteiger partial charge in [0.15, 0.2) is 0 Å². The number of benzene rings is 1. The summed E-state index contributed by atoms with van der Waals surface area (Å²) in [7, 11) is 0. The summed E-state index contributed by atoms with van der Waals surface area (Å²) in [6.45, 7) is 8.61. The van der Waals surface area contributed by atoms with Crippen molar-refractivity contribution in [2.45, 2.75) is 39.7 Å². The van der Waals surface area contributed by atoms with E-state index in [1.165, 1.54) is 18.4 Å². The number of aryl methyl sites for hydroxylation is 1. The quantitative estimate of drug-likeness (QED) is 0.919. The van der Waals surface area contributed by atoms with Gasteiger partial charge in [0.1, 0.15) is 5.82 Å². The van der Waals surface area contributed by atoms with E-state index < -0.39 is 0 Å². The van der Waals surface area contributed by atoms with Crippen LogP contribution in [0.4, 0.5) is 11.8 Å². The number of aromatic nitrogens is 2. The van der Waals surface area contributed by atoms with Gasteiger partial charge in [0.2, 0.25) is 5.95 Å². The van der Waals surface area contributed by atoms with Crippen molar-refractivity contribution in [3.8, 4) is 0 Å². The molecule has 23 heavy (non-hydrogen) atoms. The summed E-state index contributed by atoms with van der Waals surface area (Å²) >= 11 is 0. The Morgan fingerprint density at radius 2 is 2.00 bits per heavy atom. The first kappa shape index (κ1) is 15.8. The number of hydrogen-bond acceptors (Lipinski definition) is 4. The molecule has 1 aromatic carbocycles. The first-order valence-electron chi connectivity index (χ1n) is 8.54. The Labute approximate surface area is 139 Å². The van der Waals surface area contributed by atoms with Gasteiger partial charge in [-0.3, -0.25) is 0 Å². The minimum Gasteiger partial charge on any atom is -0.363 e. The van der Waals surface area contributed by atoms with Gasteiger partial charge in [0.05, 0.1) is 0 Å². The molecule has 1 saturated heterocycles. The van der Waals surface area contributed by atoms with Crippen LogP contribution < -0.4 is 10.2 Å². The van der Waals surface area contributed by atoms with Crippen LogP contribution in [-0.4, -0.2) is 23.1 Å². The van der Waals surface area contributed by atoms with E-state index in [0.29, 0.717) is 5.92 Å². The Kier molecular flexibility index (Phi) is 4.79. The Morgan fingerprint density at radius 3 is 2.74 bits per heavy atom. The Bertz CT molecular complexity index is 641. The van der Waals surface area contributed by atoms with Crippen molar-refractivity contribution < 1.29 is 0 Å². The molecule has 0 aliphatic carbocycles. The van der Waals surface area contributed by atoms with Crippen LogP contribution in [0, 0.1) is 12.8 Å². The summed E-state index contributed by atoms with van der Waals surface area (Å²) in [5.41, 5.74) is 2.27. The van der Waals surface area contributed by atoms with E-state index in [0.717, 1.165) is 30.5 Å². The highest BCUT2D eigenvalue weighted by Crippen LogP contribution is 2.23. The van der Waals surface area contributed by atoms with E-state index in [1.54, 1.807) is 0 Å². The van der Waals surface area contributed by atoms with Crippen molar-refractivity contribution in [1.82, 2.24) is 9.97 Å². The average molecular weight is 310 g/mol. The highest BCUT2D eigenvalue weighted by atomic mass is 15.3. The van der Waals surface area contributed by atoms with Gasteiger partial charge in [-0.05, 0) is 38.2 Å². The van der Waals surface area contributed by atoms with Gasteiger partial charge < -0.3 is 10.2 Å². The van der Waals surface area contributed by atoms with Gasteiger partial charge in [-0.1, -0.05) is 37.3 Å². The molecule has 1 aromatic heterocycles. The molecule has 4 heteroatoms. The lowest BCUT2D eigenvalue weighted by molar-refractivity contribution is 0.442. The Hall–Kier alpha value is -2.10. The highest BCUT2D eigenvalue weighted by Gasteiger charge is 2.19. The molecule has 4 nitrogen and oxygen atoms in total. The number of nitrogens with one attached hydrogen (secondary N) is 1. The first-order valence-corrected chi connectivity index (χ1v) is 8.54. The van der Waals surface area contributed by atoms with Gasteiger partial charge in [-0.25, -0.2) is 4.98 Å². The second-order valence-corrected chi connectivity index (χ2v) is 6.66. The van der Waals surface area contributed by atoms with Crippen LogP contribution >= 0.6 is 0 Å². The van der Waals surface area contributed by atoms with Crippen LogP contribution in [0.1, 0.15) is 44.0 Å². The van der Waals surface area contributed by atoms with Crippen LogP contribution in [-0.2, 0) is 0 Å². The van der Waals surface area contributed by atoms with Crippen LogP contribution in [0.15, 0.2) is 36.4 Å². The topological polar surface area (TPSA) is 41.1 Å². The van der Waals surface area contributed by atoms with Gasteiger partial charge in [-0.2, -0.15) is 4.98 Å².